The zero-order valence-electron chi connectivity index (χ0n) is 31.5. The lowest BCUT2D eigenvalue weighted by molar-refractivity contribution is -0.281. The first-order chi connectivity index (χ1) is 24.1. The summed E-state index contributed by atoms with van der Waals surface area (Å²) >= 11 is 0. The van der Waals surface area contributed by atoms with Gasteiger partial charge in [-0.15, -0.1) is 5.10 Å². The molecule has 2 aromatic rings. The summed E-state index contributed by atoms with van der Waals surface area (Å²) in [6.45, 7) is 13.9. The molecule has 1 aliphatic heterocycles. The van der Waals surface area contributed by atoms with E-state index < -0.39 is 48.1 Å². The number of allylic oxidation sites excluding steroid dienone is 2. The summed E-state index contributed by atoms with van der Waals surface area (Å²) in [6, 6.07) is 6.39. The van der Waals surface area contributed by atoms with Crippen molar-refractivity contribution in [1.82, 2.24) is 25.6 Å². The summed E-state index contributed by atoms with van der Waals surface area (Å²) in [5.74, 6) is 1.11. The lowest BCUT2D eigenvalue weighted by Gasteiger charge is -2.41. The molecule has 1 aromatic heterocycles. The molecule has 5 N–H and O–H groups in total. The molecular formula is C37H59N5O9. The number of ether oxygens (including phenoxy) is 4. The molecule has 51 heavy (non-hydrogen) atoms. The second-order valence-corrected chi connectivity index (χ2v) is 14.5. The Balaban J connectivity index is 1.45. The van der Waals surface area contributed by atoms with E-state index in [0.29, 0.717) is 55.5 Å². The highest BCUT2D eigenvalue weighted by molar-refractivity contribution is 5.86. The van der Waals surface area contributed by atoms with Gasteiger partial charge in [0.25, 0.3) is 0 Å². The quantitative estimate of drug-likeness (QED) is 0.0989. The van der Waals surface area contributed by atoms with Crippen molar-refractivity contribution in [3.8, 4) is 17.0 Å². The molecule has 1 fully saturated rings. The number of methoxy groups -OCH3 is 1. The fraction of sp³-hybridized carbons (Fsp3) is 0.676. The van der Waals surface area contributed by atoms with Gasteiger partial charge >= 0.3 is 0 Å². The molecule has 1 aromatic carbocycles. The highest BCUT2D eigenvalue weighted by atomic mass is 16.7. The highest BCUT2D eigenvalue weighted by Crippen LogP contribution is 2.35. The molecule has 5 atom stereocenters. The Kier molecular flexibility index (Phi) is 15.9. The van der Waals surface area contributed by atoms with Crippen LogP contribution in [0.2, 0.25) is 0 Å². The van der Waals surface area contributed by atoms with E-state index in [2.05, 4.69) is 20.9 Å². The van der Waals surface area contributed by atoms with E-state index in [1.54, 1.807) is 25.4 Å². The van der Waals surface area contributed by atoms with Crippen LogP contribution in [0.1, 0.15) is 93.0 Å². The third kappa shape index (κ3) is 11.7. The largest absolute Gasteiger partial charge is 0.497 e. The third-order valence-electron chi connectivity index (χ3n) is 9.15. The molecule has 14 nitrogen and oxygen atoms in total. The number of aliphatic hydroxyl groups excluding tert-OH is 3. The number of benzene rings is 1. The van der Waals surface area contributed by atoms with Crippen LogP contribution in [0.25, 0.3) is 11.3 Å². The highest BCUT2D eigenvalue weighted by Gasteiger charge is 2.46. The molecule has 2 heterocycles. The molecule has 1 saturated heterocycles. The number of nitrogens with zero attached hydrogens (tertiary/aromatic N) is 3. The molecule has 0 radical (unpaired) electrons. The van der Waals surface area contributed by atoms with Crippen molar-refractivity contribution in [1.29, 1.82) is 0 Å². The van der Waals surface area contributed by atoms with Gasteiger partial charge in [-0.2, -0.15) is 0 Å². The van der Waals surface area contributed by atoms with Gasteiger partial charge in [0.1, 0.15) is 41.6 Å². The Bertz CT molecular complexity index is 1430. The maximum Gasteiger partial charge on any atom is 0.229 e. The Hall–Kier alpha value is -3.56. The molecule has 3 rings (SSSR count). The van der Waals surface area contributed by atoms with E-state index in [4.69, 9.17) is 18.9 Å². The van der Waals surface area contributed by atoms with E-state index in [9.17, 15) is 24.9 Å². The van der Waals surface area contributed by atoms with Crippen LogP contribution in [0.15, 0.2) is 41.9 Å². The second kappa shape index (κ2) is 19.3. The monoisotopic (exact) mass is 717 g/mol. The van der Waals surface area contributed by atoms with Gasteiger partial charge in [0.05, 0.1) is 32.2 Å². The second-order valence-electron chi connectivity index (χ2n) is 14.5. The summed E-state index contributed by atoms with van der Waals surface area (Å²) in [4.78, 5) is 26.2. The number of carbonyl (C=O) groups is 2. The van der Waals surface area contributed by atoms with Crippen molar-refractivity contribution in [2.24, 2.45) is 10.8 Å². The molecule has 0 aliphatic carbocycles. The number of hydrogen-bond donors (Lipinski definition) is 5. The van der Waals surface area contributed by atoms with E-state index in [0.717, 1.165) is 31.2 Å². The van der Waals surface area contributed by atoms with Crippen molar-refractivity contribution in [3.63, 3.8) is 0 Å². The number of amides is 2. The minimum atomic E-state index is -1.35. The Morgan fingerprint density at radius 3 is 2.27 bits per heavy atom. The summed E-state index contributed by atoms with van der Waals surface area (Å²) in [6.07, 6.45) is 1.31. The van der Waals surface area contributed by atoms with Crippen molar-refractivity contribution >= 4 is 11.8 Å². The molecule has 1 aliphatic rings. The van der Waals surface area contributed by atoms with Crippen LogP contribution < -0.4 is 15.4 Å². The van der Waals surface area contributed by atoms with Crippen molar-refractivity contribution in [2.45, 2.75) is 118 Å². The lowest BCUT2D eigenvalue weighted by atomic mass is 9.74. The zero-order chi connectivity index (χ0) is 37.8. The zero-order valence-corrected chi connectivity index (χ0v) is 31.5. The summed E-state index contributed by atoms with van der Waals surface area (Å²) in [5.41, 5.74) is 0.462. The maximum atomic E-state index is 13.1. The van der Waals surface area contributed by atoms with Crippen LogP contribution in [0.4, 0.5) is 0 Å². The number of carbonyl (C=O) groups excluding carboxylic acids is 2. The third-order valence-corrected chi connectivity index (χ3v) is 9.15. The minimum Gasteiger partial charge on any atom is -0.497 e. The summed E-state index contributed by atoms with van der Waals surface area (Å²) < 4.78 is 24.2. The number of rotatable bonds is 20. The van der Waals surface area contributed by atoms with Crippen LogP contribution >= 0.6 is 0 Å². The SMILES string of the molecule is CCCOC(C)=C(C)NC(=O)C(C)(C)CC(C)(C)C(=O)NCCCCCCOC1OC(CO)C(O)C(O)C1n1cc(-c2ccc(OC)cc2)nn1. The summed E-state index contributed by atoms with van der Waals surface area (Å²) in [7, 11) is 1.59. The smallest absolute Gasteiger partial charge is 0.229 e. The standard InChI is InChI=1S/C37H59N5O9/c1-9-19-49-25(3)24(2)39-35(47)37(6,7)23-36(4,5)34(46)38-18-12-10-11-13-20-50-33-30(32(45)31(44)29(22-43)51-33)42-21-28(40-41-42)26-14-16-27(48-8)17-15-26/h14-17,21,29-33,43-45H,9-13,18-20,22-23H2,1-8H3,(H,38,46)(H,39,47). The number of aliphatic hydroxyl groups is 3. The number of nitrogens with one attached hydrogen (secondary N) is 2. The van der Waals surface area contributed by atoms with Crippen molar-refractivity contribution in [2.75, 3.05) is 33.5 Å². The Labute approximate surface area is 301 Å². The van der Waals surface area contributed by atoms with Crippen LogP contribution in [0.5, 0.6) is 5.75 Å². The van der Waals surface area contributed by atoms with Crippen LogP contribution in [-0.4, -0.2) is 100 Å². The first-order valence-corrected chi connectivity index (χ1v) is 17.9. The maximum absolute atomic E-state index is 13.1. The molecule has 0 spiro atoms. The van der Waals surface area contributed by atoms with E-state index >= 15 is 0 Å². The van der Waals surface area contributed by atoms with Gasteiger partial charge in [0.2, 0.25) is 11.8 Å². The van der Waals surface area contributed by atoms with E-state index in [1.165, 1.54) is 4.68 Å². The van der Waals surface area contributed by atoms with Crippen molar-refractivity contribution in [3.05, 3.63) is 41.9 Å². The van der Waals surface area contributed by atoms with Gasteiger partial charge in [0.15, 0.2) is 6.29 Å². The van der Waals surface area contributed by atoms with Gasteiger partial charge in [-0.25, -0.2) is 4.68 Å². The van der Waals surface area contributed by atoms with Crippen LogP contribution in [-0.2, 0) is 23.8 Å². The number of unbranched alkanes of at least 4 members (excludes halogenated alkanes) is 3. The number of aromatic nitrogens is 3. The molecule has 0 saturated carbocycles. The first kappa shape index (κ1) is 41.9. The van der Waals surface area contributed by atoms with Gasteiger partial charge < -0.3 is 44.9 Å². The van der Waals surface area contributed by atoms with Crippen LogP contribution in [0, 0.1) is 10.8 Å². The fourth-order valence-electron chi connectivity index (χ4n) is 6.08. The predicted octanol–water partition coefficient (Wildman–Crippen LogP) is 3.86. The predicted molar refractivity (Wildman–Crippen MR) is 191 cm³/mol. The van der Waals surface area contributed by atoms with E-state index in [1.807, 2.05) is 60.6 Å². The molecule has 2 amide bonds. The van der Waals surface area contributed by atoms with Gasteiger partial charge in [-0.3, -0.25) is 9.59 Å². The average Bonchev–Trinajstić information content (AvgIpc) is 3.58. The van der Waals surface area contributed by atoms with Crippen molar-refractivity contribution < 1.29 is 43.9 Å². The summed E-state index contributed by atoms with van der Waals surface area (Å²) in [5, 5.41) is 45.7. The van der Waals surface area contributed by atoms with Gasteiger partial charge in [-0.1, -0.05) is 52.7 Å². The molecule has 286 valence electrons. The number of hydrogen-bond acceptors (Lipinski definition) is 11. The lowest BCUT2D eigenvalue weighted by Crippen LogP contribution is -2.56. The molecule has 0 bridgehead atoms. The topological polar surface area (TPSA) is 187 Å². The van der Waals surface area contributed by atoms with Gasteiger partial charge in [0, 0.05) is 29.5 Å². The van der Waals surface area contributed by atoms with Gasteiger partial charge in [-0.05, 0) is 63.8 Å². The normalized spacial score (nSPS) is 21.5. The van der Waals surface area contributed by atoms with E-state index in [-0.39, 0.29) is 11.8 Å². The molecule has 5 unspecified atom stereocenters. The fourth-order valence-corrected chi connectivity index (χ4v) is 6.08. The minimum absolute atomic E-state index is 0.107. The molecular weight excluding hydrogens is 658 g/mol. The van der Waals surface area contributed by atoms with Crippen LogP contribution in [0.3, 0.4) is 0 Å². The first-order valence-electron chi connectivity index (χ1n) is 17.9. The Morgan fingerprint density at radius 1 is 0.961 bits per heavy atom. The molecule has 14 heteroatoms. The average molecular weight is 718 g/mol. The Morgan fingerprint density at radius 2 is 1.63 bits per heavy atom.